The van der Waals surface area contributed by atoms with E-state index in [2.05, 4.69) is 5.10 Å². The molecule has 3 rings (SSSR count). The molecule has 1 saturated heterocycles. The van der Waals surface area contributed by atoms with Gasteiger partial charge in [-0.3, -0.25) is 9.48 Å². The van der Waals surface area contributed by atoms with Gasteiger partial charge in [0, 0.05) is 19.8 Å². The fourth-order valence-electron chi connectivity index (χ4n) is 2.73. The number of carbonyl (C=O) groups is 1. The molecule has 1 aromatic carbocycles. The van der Waals surface area contributed by atoms with Gasteiger partial charge in [-0.15, -0.1) is 0 Å². The zero-order chi connectivity index (χ0) is 15.5. The van der Waals surface area contributed by atoms with E-state index in [4.69, 9.17) is 4.74 Å². The van der Waals surface area contributed by atoms with Crippen molar-refractivity contribution in [2.24, 2.45) is 7.05 Å². The number of benzene rings is 1. The third kappa shape index (κ3) is 2.95. The predicted octanol–water partition coefficient (Wildman–Crippen LogP) is 2.24. The van der Waals surface area contributed by atoms with Crippen molar-refractivity contribution in [1.29, 1.82) is 0 Å². The van der Waals surface area contributed by atoms with Crippen LogP contribution >= 0.6 is 0 Å². The highest BCUT2D eigenvalue weighted by Crippen LogP contribution is 2.21. The first-order valence-electron chi connectivity index (χ1n) is 7.32. The second-order valence-corrected chi connectivity index (χ2v) is 5.40. The lowest BCUT2D eigenvalue weighted by molar-refractivity contribution is 0.0680. The number of hydrogen-bond donors (Lipinski definition) is 0. The summed E-state index contributed by atoms with van der Waals surface area (Å²) in [5.41, 5.74) is 0.577. The quantitative estimate of drug-likeness (QED) is 0.870. The molecule has 1 fully saturated rings. The molecule has 0 spiro atoms. The zero-order valence-corrected chi connectivity index (χ0v) is 12.4. The molecule has 2 heterocycles. The summed E-state index contributed by atoms with van der Waals surface area (Å²) in [7, 11) is 1.76. The average molecular weight is 303 g/mol. The molecule has 2 aromatic rings. The molecule has 0 aliphatic carbocycles. The van der Waals surface area contributed by atoms with Crippen LogP contribution in [0.2, 0.25) is 0 Å². The van der Waals surface area contributed by atoms with Crippen molar-refractivity contribution in [3.05, 3.63) is 48.0 Å². The molecule has 1 amide bonds. The predicted molar refractivity (Wildman–Crippen MR) is 79.2 cm³/mol. The molecule has 1 aliphatic heterocycles. The van der Waals surface area contributed by atoms with Crippen LogP contribution in [0.3, 0.4) is 0 Å². The Hall–Kier alpha value is -2.37. The van der Waals surface area contributed by atoms with Crippen LogP contribution in [0, 0.1) is 5.82 Å². The third-order valence-corrected chi connectivity index (χ3v) is 3.93. The van der Waals surface area contributed by atoms with Gasteiger partial charge < -0.3 is 9.64 Å². The van der Waals surface area contributed by atoms with Crippen molar-refractivity contribution in [3.8, 4) is 5.75 Å². The van der Waals surface area contributed by atoms with E-state index < -0.39 is 0 Å². The van der Waals surface area contributed by atoms with Crippen molar-refractivity contribution in [1.82, 2.24) is 14.7 Å². The second-order valence-electron chi connectivity index (χ2n) is 5.40. The lowest BCUT2D eigenvalue weighted by Gasteiger charge is -2.24. The topological polar surface area (TPSA) is 47.4 Å². The number of rotatable bonds is 4. The highest BCUT2D eigenvalue weighted by atomic mass is 19.1. The molecule has 0 radical (unpaired) electrons. The van der Waals surface area contributed by atoms with Gasteiger partial charge in [-0.1, -0.05) is 0 Å². The Morgan fingerprint density at radius 2 is 2.14 bits per heavy atom. The molecular formula is C16H18FN3O2. The Balaban J connectivity index is 1.64. The second kappa shape index (κ2) is 6.17. The van der Waals surface area contributed by atoms with Crippen molar-refractivity contribution in [2.45, 2.75) is 18.9 Å². The van der Waals surface area contributed by atoms with Crippen LogP contribution in [0.5, 0.6) is 5.75 Å². The van der Waals surface area contributed by atoms with E-state index in [0.717, 1.165) is 19.4 Å². The van der Waals surface area contributed by atoms with E-state index in [-0.39, 0.29) is 17.8 Å². The molecule has 1 aliphatic rings. The van der Waals surface area contributed by atoms with Gasteiger partial charge in [-0.25, -0.2) is 4.39 Å². The molecule has 1 atom stereocenters. The molecule has 0 N–H and O–H groups in total. The standard InChI is InChI=1S/C16H18FN3O2/c1-19-15(8-9-18-19)16(21)20-10-2-3-13(20)11-22-14-6-4-12(17)5-7-14/h4-9,13H,2-3,10-11H2,1H3/t13-/m0/s1. The number of aryl methyl sites for hydroxylation is 1. The van der Waals surface area contributed by atoms with Crippen LogP contribution in [-0.2, 0) is 7.05 Å². The number of likely N-dealkylation sites (tertiary alicyclic amines) is 1. The van der Waals surface area contributed by atoms with Crippen molar-refractivity contribution in [3.63, 3.8) is 0 Å². The lowest BCUT2D eigenvalue weighted by atomic mass is 10.2. The van der Waals surface area contributed by atoms with Crippen molar-refractivity contribution < 1.29 is 13.9 Å². The molecule has 22 heavy (non-hydrogen) atoms. The van der Waals surface area contributed by atoms with Gasteiger partial charge in [0.05, 0.1) is 6.04 Å². The summed E-state index contributed by atoms with van der Waals surface area (Å²) in [5.74, 6) is 0.299. The molecule has 0 unspecified atom stereocenters. The van der Waals surface area contributed by atoms with Crippen LogP contribution in [0.15, 0.2) is 36.5 Å². The van der Waals surface area contributed by atoms with Crippen molar-refractivity contribution in [2.75, 3.05) is 13.2 Å². The number of nitrogens with zero attached hydrogens (tertiary/aromatic N) is 3. The Kier molecular flexibility index (Phi) is 4.09. The summed E-state index contributed by atoms with van der Waals surface area (Å²) in [6, 6.07) is 7.67. The maximum absolute atomic E-state index is 12.9. The van der Waals surface area contributed by atoms with Gasteiger partial charge in [0.15, 0.2) is 0 Å². The van der Waals surface area contributed by atoms with Crippen LogP contribution in [0.1, 0.15) is 23.3 Å². The minimum absolute atomic E-state index is 0.0230. The lowest BCUT2D eigenvalue weighted by Crippen LogP contribution is -2.39. The van der Waals surface area contributed by atoms with Gasteiger partial charge in [0.1, 0.15) is 23.9 Å². The number of aromatic nitrogens is 2. The number of ether oxygens (including phenoxy) is 1. The van der Waals surface area contributed by atoms with Crippen LogP contribution in [0.4, 0.5) is 4.39 Å². The van der Waals surface area contributed by atoms with E-state index in [1.54, 1.807) is 36.1 Å². The molecule has 6 heteroatoms. The smallest absolute Gasteiger partial charge is 0.272 e. The summed E-state index contributed by atoms with van der Waals surface area (Å²) < 4.78 is 20.1. The molecule has 5 nitrogen and oxygen atoms in total. The molecule has 116 valence electrons. The number of amides is 1. The third-order valence-electron chi connectivity index (χ3n) is 3.93. The van der Waals surface area contributed by atoms with Gasteiger partial charge in [0.25, 0.3) is 5.91 Å². The molecule has 0 saturated carbocycles. The zero-order valence-electron chi connectivity index (χ0n) is 12.4. The SMILES string of the molecule is Cn1nccc1C(=O)N1CCC[C@H]1COc1ccc(F)cc1. The van der Waals surface area contributed by atoms with Crippen LogP contribution in [0.25, 0.3) is 0 Å². The minimum atomic E-state index is -0.291. The maximum atomic E-state index is 12.9. The fourth-order valence-corrected chi connectivity index (χ4v) is 2.73. The van der Waals surface area contributed by atoms with Gasteiger partial charge in [0.2, 0.25) is 0 Å². The molecular weight excluding hydrogens is 285 g/mol. The first-order chi connectivity index (χ1) is 10.6. The highest BCUT2D eigenvalue weighted by Gasteiger charge is 2.31. The van der Waals surface area contributed by atoms with Gasteiger partial charge in [-0.2, -0.15) is 5.10 Å². The van der Waals surface area contributed by atoms with E-state index in [1.165, 1.54) is 12.1 Å². The number of halogens is 1. The molecule has 0 bridgehead atoms. The Morgan fingerprint density at radius 3 is 2.82 bits per heavy atom. The van der Waals surface area contributed by atoms with E-state index in [1.807, 2.05) is 4.90 Å². The first-order valence-corrected chi connectivity index (χ1v) is 7.32. The maximum Gasteiger partial charge on any atom is 0.272 e. The number of hydrogen-bond acceptors (Lipinski definition) is 3. The van der Waals surface area contributed by atoms with E-state index in [9.17, 15) is 9.18 Å². The van der Waals surface area contributed by atoms with Gasteiger partial charge in [-0.05, 0) is 43.2 Å². The largest absolute Gasteiger partial charge is 0.491 e. The van der Waals surface area contributed by atoms with Crippen LogP contribution < -0.4 is 4.74 Å². The summed E-state index contributed by atoms with van der Waals surface area (Å²) in [6.45, 7) is 1.14. The summed E-state index contributed by atoms with van der Waals surface area (Å²) in [6.07, 6.45) is 3.49. The summed E-state index contributed by atoms with van der Waals surface area (Å²) in [5, 5.41) is 4.04. The fraction of sp³-hybridized carbons (Fsp3) is 0.375. The van der Waals surface area contributed by atoms with Crippen molar-refractivity contribution >= 4 is 5.91 Å². The summed E-state index contributed by atoms with van der Waals surface area (Å²) in [4.78, 5) is 14.4. The monoisotopic (exact) mass is 303 g/mol. The number of carbonyl (C=O) groups excluding carboxylic acids is 1. The van der Waals surface area contributed by atoms with Crippen LogP contribution in [-0.4, -0.2) is 39.8 Å². The average Bonchev–Trinajstić information content (AvgIpc) is 3.15. The Morgan fingerprint density at radius 1 is 1.36 bits per heavy atom. The Labute approximate surface area is 128 Å². The van der Waals surface area contributed by atoms with E-state index in [0.29, 0.717) is 18.1 Å². The molecule has 1 aromatic heterocycles. The Bertz CT molecular complexity index is 654. The highest BCUT2D eigenvalue weighted by molar-refractivity contribution is 5.92. The van der Waals surface area contributed by atoms with E-state index >= 15 is 0 Å². The van der Waals surface area contributed by atoms with Gasteiger partial charge >= 0.3 is 0 Å². The first kappa shape index (κ1) is 14.6. The summed E-state index contributed by atoms with van der Waals surface area (Å²) >= 11 is 0. The minimum Gasteiger partial charge on any atom is -0.491 e. The normalized spacial score (nSPS) is 17.7.